The van der Waals surface area contributed by atoms with E-state index in [1.165, 1.54) is 0 Å². The molecule has 1 fully saturated rings. The fraction of sp³-hybridized carbons (Fsp3) is 0.444. The number of nitrogens with zero attached hydrogens (tertiary/aromatic N) is 2. The smallest absolute Gasteiger partial charge is 0.325 e. The lowest BCUT2D eigenvalue weighted by atomic mass is 10.0. The van der Waals surface area contributed by atoms with Crippen molar-refractivity contribution in [3.8, 4) is 0 Å². The fourth-order valence-corrected chi connectivity index (χ4v) is 2.50. The molecule has 5 amide bonds. The molecule has 0 radical (unpaired) electrons. The van der Waals surface area contributed by atoms with Crippen LogP contribution in [0.15, 0.2) is 24.3 Å². The molecule has 0 saturated carbocycles. The summed E-state index contributed by atoms with van der Waals surface area (Å²) in [5, 5.41) is 2.63. The SMILES string of the molecule is CCCCN1C(=O)C(=O)N(CC(=O)Nc2ccc(C(C)C)cc2)C1=O. The van der Waals surface area contributed by atoms with Crippen LogP contribution >= 0.6 is 0 Å². The number of imide groups is 2. The molecule has 0 atom stereocenters. The van der Waals surface area contributed by atoms with Crippen molar-refractivity contribution in [1.29, 1.82) is 0 Å². The van der Waals surface area contributed by atoms with Crippen LogP contribution in [0, 0.1) is 0 Å². The van der Waals surface area contributed by atoms with Gasteiger partial charge in [-0.25, -0.2) is 9.69 Å². The maximum Gasteiger partial charge on any atom is 0.334 e. The molecule has 1 aliphatic heterocycles. The summed E-state index contributed by atoms with van der Waals surface area (Å²) < 4.78 is 0. The third-order valence-corrected chi connectivity index (χ3v) is 4.03. The Morgan fingerprint density at radius 2 is 1.64 bits per heavy atom. The second-order valence-corrected chi connectivity index (χ2v) is 6.31. The fourth-order valence-electron chi connectivity index (χ4n) is 2.50. The first-order valence-corrected chi connectivity index (χ1v) is 8.42. The summed E-state index contributed by atoms with van der Waals surface area (Å²) in [5.41, 5.74) is 1.71. The number of carbonyl (C=O) groups excluding carboxylic acids is 4. The Morgan fingerprint density at radius 1 is 1.04 bits per heavy atom. The van der Waals surface area contributed by atoms with E-state index >= 15 is 0 Å². The molecule has 0 bridgehead atoms. The van der Waals surface area contributed by atoms with Gasteiger partial charge in [0.05, 0.1) is 0 Å². The van der Waals surface area contributed by atoms with Crippen molar-refractivity contribution in [1.82, 2.24) is 9.80 Å². The van der Waals surface area contributed by atoms with Gasteiger partial charge in [-0.2, -0.15) is 0 Å². The average Bonchev–Trinajstić information content (AvgIpc) is 2.77. The number of rotatable bonds is 7. The summed E-state index contributed by atoms with van der Waals surface area (Å²) in [6.07, 6.45) is 1.41. The molecule has 2 rings (SSSR count). The van der Waals surface area contributed by atoms with Gasteiger partial charge in [-0.3, -0.25) is 19.3 Å². The Balaban J connectivity index is 1.98. The van der Waals surface area contributed by atoms with Crippen LogP contribution in [0.4, 0.5) is 10.5 Å². The second-order valence-electron chi connectivity index (χ2n) is 6.31. The van der Waals surface area contributed by atoms with Crippen molar-refractivity contribution in [2.45, 2.75) is 39.5 Å². The van der Waals surface area contributed by atoms with Crippen LogP contribution in [0.5, 0.6) is 0 Å². The lowest BCUT2D eigenvalue weighted by Gasteiger charge is -2.15. The van der Waals surface area contributed by atoms with E-state index < -0.39 is 30.3 Å². The Morgan fingerprint density at radius 3 is 2.20 bits per heavy atom. The number of amides is 5. The van der Waals surface area contributed by atoms with Gasteiger partial charge in [-0.15, -0.1) is 0 Å². The zero-order valence-corrected chi connectivity index (χ0v) is 14.7. The molecular weight excluding hydrogens is 322 g/mol. The number of carbonyl (C=O) groups is 4. The Bertz CT molecular complexity index is 682. The molecule has 7 nitrogen and oxygen atoms in total. The molecule has 1 aromatic carbocycles. The molecule has 0 aliphatic carbocycles. The van der Waals surface area contributed by atoms with E-state index in [2.05, 4.69) is 19.2 Å². The summed E-state index contributed by atoms with van der Waals surface area (Å²) in [6.45, 7) is 5.77. The van der Waals surface area contributed by atoms with Crippen molar-refractivity contribution >= 4 is 29.4 Å². The van der Waals surface area contributed by atoms with E-state index in [1.54, 1.807) is 12.1 Å². The number of hydrogen-bond donors (Lipinski definition) is 1. The van der Waals surface area contributed by atoms with Crippen LogP contribution in [-0.2, 0) is 14.4 Å². The first-order chi connectivity index (χ1) is 11.8. The molecule has 0 unspecified atom stereocenters. The van der Waals surface area contributed by atoms with Crippen LogP contribution in [0.2, 0.25) is 0 Å². The number of anilines is 1. The second kappa shape index (κ2) is 7.92. The number of benzene rings is 1. The van der Waals surface area contributed by atoms with Crippen LogP contribution < -0.4 is 5.32 Å². The van der Waals surface area contributed by atoms with Crippen molar-refractivity contribution in [3.63, 3.8) is 0 Å². The van der Waals surface area contributed by atoms with Crippen molar-refractivity contribution in [2.75, 3.05) is 18.4 Å². The number of nitrogens with one attached hydrogen (secondary N) is 1. The van der Waals surface area contributed by atoms with Gasteiger partial charge in [0.15, 0.2) is 0 Å². The third-order valence-electron chi connectivity index (χ3n) is 4.03. The van der Waals surface area contributed by atoms with E-state index in [9.17, 15) is 19.2 Å². The lowest BCUT2D eigenvalue weighted by molar-refractivity contribution is -0.143. The van der Waals surface area contributed by atoms with E-state index in [0.29, 0.717) is 22.9 Å². The normalized spacial score (nSPS) is 14.6. The summed E-state index contributed by atoms with van der Waals surface area (Å²) in [5.74, 6) is -1.97. The lowest BCUT2D eigenvalue weighted by Crippen LogP contribution is -2.39. The molecule has 25 heavy (non-hydrogen) atoms. The number of unbranched alkanes of at least 4 members (excludes halogenated alkanes) is 1. The topological polar surface area (TPSA) is 86.8 Å². The highest BCUT2D eigenvalue weighted by Gasteiger charge is 2.44. The summed E-state index contributed by atoms with van der Waals surface area (Å²) in [4.78, 5) is 49.7. The molecule has 1 aliphatic rings. The standard InChI is InChI=1S/C18H23N3O4/c1-4-5-10-20-16(23)17(24)21(18(20)25)11-15(22)19-14-8-6-13(7-9-14)12(2)3/h6-9,12H,4-5,10-11H2,1-3H3,(H,19,22). The van der Waals surface area contributed by atoms with E-state index in [1.807, 2.05) is 19.1 Å². The predicted molar refractivity (Wildman–Crippen MR) is 92.9 cm³/mol. The molecule has 0 spiro atoms. The van der Waals surface area contributed by atoms with Gasteiger partial charge in [0, 0.05) is 12.2 Å². The summed E-state index contributed by atoms with van der Waals surface area (Å²) >= 11 is 0. The Labute approximate surface area is 147 Å². The maximum atomic E-state index is 12.2. The van der Waals surface area contributed by atoms with Gasteiger partial charge in [-0.1, -0.05) is 39.3 Å². The van der Waals surface area contributed by atoms with Crippen molar-refractivity contribution in [3.05, 3.63) is 29.8 Å². The molecule has 1 heterocycles. The van der Waals surface area contributed by atoms with E-state index in [0.717, 1.165) is 16.9 Å². The van der Waals surface area contributed by atoms with E-state index in [-0.39, 0.29) is 6.54 Å². The maximum absolute atomic E-state index is 12.2. The number of hydrogen-bond acceptors (Lipinski definition) is 4. The predicted octanol–water partition coefficient (Wildman–Crippen LogP) is 2.34. The van der Waals surface area contributed by atoms with Crippen molar-refractivity contribution in [2.24, 2.45) is 0 Å². The first-order valence-electron chi connectivity index (χ1n) is 8.42. The van der Waals surface area contributed by atoms with Crippen LogP contribution in [-0.4, -0.2) is 46.6 Å². The van der Waals surface area contributed by atoms with E-state index in [4.69, 9.17) is 0 Å². The van der Waals surface area contributed by atoms with Crippen LogP contribution in [0.25, 0.3) is 0 Å². The Hall–Kier alpha value is -2.70. The Kier molecular flexibility index (Phi) is 5.90. The van der Waals surface area contributed by atoms with Gasteiger partial charge in [0.25, 0.3) is 0 Å². The van der Waals surface area contributed by atoms with Gasteiger partial charge >= 0.3 is 17.8 Å². The highest BCUT2D eigenvalue weighted by molar-refractivity contribution is 6.45. The van der Waals surface area contributed by atoms with Crippen LogP contribution in [0.1, 0.15) is 45.1 Å². The molecule has 134 valence electrons. The van der Waals surface area contributed by atoms with Gasteiger partial charge in [-0.05, 0) is 30.0 Å². The highest BCUT2D eigenvalue weighted by Crippen LogP contribution is 2.18. The number of urea groups is 1. The zero-order valence-electron chi connectivity index (χ0n) is 14.7. The monoisotopic (exact) mass is 345 g/mol. The molecule has 0 aromatic heterocycles. The highest BCUT2D eigenvalue weighted by atomic mass is 16.2. The molecular formula is C18H23N3O4. The summed E-state index contributed by atoms with van der Waals surface area (Å²) in [6, 6.07) is 6.61. The van der Waals surface area contributed by atoms with Crippen LogP contribution in [0.3, 0.4) is 0 Å². The molecule has 1 N–H and O–H groups in total. The first kappa shape index (κ1) is 18.6. The van der Waals surface area contributed by atoms with Gasteiger partial charge in [0.2, 0.25) is 5.91 Å². The molecule has 1 aromatic rings. The minimum absolute atomic E-state index is 0.189. The van der Waals surface area contributed by atoms with Gasteiger partial charge < -0.3 is 5.32 Å². The zero-order chi connectivity index (χ0) is 18.6. The summed E-state index contributed by atoms with van der Waals surface area (Å²) in [7, 11) is 0. The third kappa shape index (κ3) is 4.23. The molecule has 1 saturated heterocycles. The minimum atomic E-state index is -0.952. The van der Waals surface area contributed by atoms with Gasteiger partial charge in [0.1, 0.15) is 6.54 Å². The average molecular weight is 345 g/mol. The quantitative estimate of drug-likeness (QED) is 0.607. The largest absolute Gasteiger partial charge is 0.334 e. The minimum Gasteiger partial charge on any atom is -0.325 e. The van der Waals surface area contributed by atoms with Crippen molar-refractivity contribution < 1.29 is 19.2 Å². The molecule has 7 heteroatoms.